The summed E-state index contributed by atoms with van der Waals surface area (Å²) in [7, 11) is 0. The van der Waals surface area contributed by atoms with Gasteiger partial charge in [0.15, 0.2) is 0 Å². The SMILES string of the molecule is CC1CCCCN1C(=O)Cn1nnc(-c2cccc(C(F)(F)F)c2)n1. The quantitative estimate of drug-likeness (QED) is 0.851. The lowest BCUT2D eigenvalue weighted by Gasteiger charge is -2.33. The molecule has 134 valence electrons. The van der Waals surface area contributed by atoms with E-state index in [1.54, 1.807) is 4.90 Å². The summed E-state index contributed by atoms with van der Waals surface area (Å²) in [6.45, 7) is 2.63. The molecular weight excluding hydrogens is 335 g/mol. The largest absolute Gasteiger partial charge is 0.416 e. The molecule has 2 heterocycles. The van der Waals surface area contributed by atoms with Gasteiger partial charge in [0, 0.05) is 18.2 Å². The third kappa shape index (κ3) is 3.97. The van der Waals surface area contributed by atoms with Crippen LogP contribution in [0.1, 0.15) is 31.7 Å². The van der Waals surface area contributed by atoms with Gasteiger partial charge in [-0.25, -0.2) is 0 Å². The topological polar surface area (TPSA) is 63.9 Å². The van der Waals surface area contributed by atoms with Gasteiger partial charge in [0.1, 0.15) is 6.54 Å². The van der Waals surface area contributed by atoms with Gasteiger partial charge < -0.3 is 4.90 Å². The Hall–Kier alpha value is -2.45. The minimum Gasteiger partial charge on any atom is -0.338 e. The number of hydrogen-bond donors (Lipinski definition) is 0. The molecule has 1 saturated heterocycles. The summed E-state index contributed by atoms with van der Waals surface area (Å²) in [5.41, 5.74) is -0.570. The first-order valence-electron chi connectivity index (χ1n) is 8.09. The molecule has 3 rings (SSSR count). The van der Waals surface area contributed by atoms with Crippen molar-refractivity contribution in [3.8, 4) is 11.4 Å². The van der Waals surface area contributed by atoms with E-state index in [0.717, 1.165) is 36.2 Å². The van der Waals surface area contributed by atoms with E-state index >= 15 is 0 Å². The number of likely N-dealkylation sites (tertiary alicyclic amines) is 1. The first-order chi connectivity index (χ1) is 11.8. The van der Waals surface area contributed by atoms with E-state index in [2.05, 4.69) is 15.4 Å². The number of piperidine rings is 1. The Kier molecular flexibility index (Phi) is 4.73. The van der Waals surface area contributed by atoms with Gasteiger partial charge in [-0.1, -0.05) is 12.1 Å². The molecule has 0 aliphatic carbocycles. The predicted octanol–water partition coefficient (Wildman–Crippen LogP) is 2.76. The fraction of sp³-hybridized carbons (Fsp3) is 0.500. The average Bonchev–Trinajstić information content (AvgIpc) is 3.03. The fourth-order valence-corrected chi connectivity index (χ4v) is 2.94. The molecule has 0 radical (unpaired) electrons. The molecular formula is C16H18F3N5O. The lowest BCUT2D eigenvalue weighted by atomic mass is 10.0. The van der Waals surface area contributed by atoms with Crippen molar-refractivity contribution >= 4 is 5.91 Å². The first-order valence-corrected chi connectivity index (χ1v) is 8.09. The zero-order valence-corrected chi connectivity index (χ0v) is 13.7. The Morgan fingerprint density at radius 2 is 2.12 bits per heavy atom. The summed E-state index contributed by atoms with van der Waals surface area (Å²) >= 11 is 0. The molecule has 2 aromatic rings. The smallest absolute Gasteiger partial charge is 0.338 e. The van der Waals surface area contributed by atoms with Crippen molar-refractivity contribution in [3.05, 3.63) is 29.8 Å². The van der Waals surface area contributed by atoms with Crippen molar-refractivity contribution in [1.29, 1.82) is 0 Å². The number of aromatic nitrogens is 4. The van der Waals surface area contributed by atoms with E-state index in [9.17, 15) is 18.0 Å². The molecule has 1 aromatic heterocycles. The highest BCUT2D eigenvalue weighted by atomic mass is 19.4. The maximum Gasteiger partial charge on any atom is 0.416 e. The van der Waals surface area contributed by atoms with E-state index in [0.29, 0.717) is 6.54 Å². The van der Waals surface area contributed by atoms with Gasteiger partial charge >= 0.3 is 6.18 Å². The van der Waals surface area contributed by atoms with Gasteiger partial charge in [0.25, 0.3) is 0 Å². The molecule has 6 nitrogen and oxygen atoms in total. The van der Waals surface area contributed by atoms with Crippen LogP contribution in [0.15, 0.2) is 24.3 Å². The molecule has 25 heavy (non-hydrogen) atoms. The number of carbonyl (C=O) groups excluding carboxylic acids is 1. The van der Waals surface area contributed by atoms with Gasteiger partial charge in [-0.2, -0.15) is 18.0 Å². The number of nitrogens with zero attached hydrogens (tertiary/aromatic N) is 5. The van der Waals surface area contributed by atoms with Gasteiger partial charge in [0.05, 0.1) is 5.56 Å². The standard InChI is InChI=1S/C16H18F3N5O/c1-11-5-2-3-8-23(11)14(25)10-24-21-15(20-22-24)12-6-4-7-13(9-12)16(17,18)19/h4,6-7,9,11H,2-3,5,8,10H2,1H3. The monoisotopic (exact) mass is 353 g/mol. The van der Waals surface area contributed by atoms with Crippen LogP contribution >= 0.6 is 0 Å². The highest BCUT2D eigenvalue weighted by Crippen LogP contribution is 2.31. The number of alkyl halides is 3. The fourth-order valence-electron chi connectivity index (χ4n) is 2.94. The number of carbonyl (C=O) groups is 1. The number of amides is 1. The Balaban J connectivity index is 1.73. The van der Waals surface area contributed by atoms with Crippen LogP contribution < -0.4 is 0 Å². The molecule has 0 saturated carbocycles. The molecule has 1 aromatic carbocycles. The number of rotatable bonds is 3. The first kappa shape index (κ1) is 17.4. The third-order valence-electron chi connectivity index (χ3n) is 4.30. The molecule has 0 spiro atoms. The van der Waals surface area contributed by atoms with Gasteiger partial charge in [0.2, 0.25) is 11.7 Å². The number of halogens is 3. The Morgan fingerprint density at radius 1 is 1.32 bits per heavy atom. The van der Waals surface area contributed by atoms with E-state index in [4.69, 9.17) is 0 Å². The second-order valence-electron chi connectivity index (χ2n) is 6.15. The maximum atomic E-state index is 12.8. The van der Waals surface area contributed by atoms with Crippen LogP contribution in [0.4, 0.5) is 13.2 Å². The molecule has 9 heteroatoms. The number of tetrazole rings is 1. The molecule has 1 amide bonds. The minimum absolute atomic E-state index is 0.0607. The molecule has 1 aliphatic heterocycles. The van der Waals surface area contributed by atoms with Gasteiger partial charge in [-0.3, -0.25) is 4.79 Å². The molecule has 0 bridgehead atoms. The van der Waals surface area contributed by atoms with Crippen LogP contribution in [0.25, 0.3) is 11.4 Å². The lowest BCUT2D eigenvalue weighted by Crippen LogP contribution is -2.43. The predicted molar refractivity (Wildman–Crippen MR) is 83.3 cm³/mol. The maximum absolute atomic E-state index is 12.8. The van der Waals surface area contributed by atoms with Crippen molar-refractivity contribution in [3.63, 3.8) is 0 Å². The van der Waals surface area contributed by atoms with Gasteiger partial charge in [-0.05, 0) is 43.5 Å². The lowest BCUT2D eigenvalue weighted by molar-refractivity contribution is -0.137. The van der Waals surface area contributed by atoms with Crippen LogP contribution in [-0.2, 0) is 17.5 Å². The molecule has 1 atom stereocenters. The van der Waals surface area contributed by atoms with Crippen molar-refractivity contribution in [2.45, 2.75) is 44.9 Å². The summed E-state index contributed by atoms with van der Waals surface area (Å²) in [5, 5.41) is 11.6. The van der Waals surface area contributed by atoms with Crippen LogP contribution in [-0.4, -0.2) is 43.6 Å². The highest BCUT2D eigenvalue weighted by molar-refractivity contribution is 5.76. The van der Waals surface area contributed by atoms with Crippen LogP contribution in [0.2, 0.25) is 0 Å². The summed E-state index contributed by atoms with van der Waals surface area (Å²) in [6.07, 6.45) is -1.40. The Labute approximate surface area is 142 Å². The van der Waals surface area contributed by atoms with E-state index in [1.807, 2.05) is 6.92 Å². The zero-order valence-electron chi connectivity index (χ0n) is 13.7. The third-order valence-corrected chi connectivity index (χ3v) is 4.30. The summed E-state index contributed by atoms with van der Waals surface area (Å²) in [4.78, 5) is 15.3. The number of hydrogen-bond acceptors (Lipinski definition) is 4. The van der Waals surface area contributed by atoms with E-state index in [1.165, 1.54) is 12.1 Å². The van der Waals surface area contributed by atoms with Crippen LogP contribution in [0.3, 0.4) is 0 Å². The van der Waals surface area contributed by atoms with E-state index < -0.39 is 11.7 Å². The molecule has 1 unspecified atom stereocenters. The zero-order chi connectivity index (χ0) is 18.0. The van der Waals surface area contributed by atoms with Crippen molar-refractivity contribution in [1.82, 2.24) is 25.1 Å². The summed E-state index contributed by atoms with van der Waals surface area (Å²) in [6, 6.07) is 4.89. The van der Waals surface area contributed by atoms with E-state index in [-0.39, 0.29) is 29.9 Å². The van der Waals surface area contributed by atoms with Crippen molar-refractivity contribution < 1.29 is 18.0 Å². The molecule has 1 fully saturated rings. The van der Waals surface area contributed by atoms with Gasteiger partial charge in [-0.15, -0.1) is 10.2 Å². The minimum atomic E-state index is -4.44. The summed E-state index contributed by atoms with van der Waals surface area (Å²) < 4.78 is 38.4. The summed E-state index contributed by atoms with van der Waals surface area (Å²) in [5.74, 6) is -0.0502. The normalized spacial score (nSPS) is 18.4. The molecule has 0 N–H and O–H groups in total. The second kappa shape index (κ2) is 6.81. The van der Waals surface area contributed by atoms with Crippen molar-refractivity contribution in [2.75, 3.05) is 6.54 Å². The van der Waals surface area contributed by atoms with Crippen molar-refractivity contribution in [2.24, 2.45) is 0 Å². The second-order valence-corrected chi connectivity index (χ2v) is 6.15. The van der Waals surface area contributed by atoms with Crippen LogP contribution in [0.5, 0.6) is 0 Å². The Bertz CT molecular complexity index is 758. The van der Waals surface area contributed by atoms with Crippen LogP contribution in [0, 0.1) is 0 Å². The average molecular weight is 353 g/mol. The Morgan fingerprint density at radius 3 is 2.84 bits per heavy atom. The molecule has 1 aliphatic rings. The number of benzene rings is 1. The highest BCUT2D eigenvalue weighted by Gasteiger charge is 2.31.